The third kappa shape index (κ3) is 3.51. The second-order valence-electron chi connectivity index (χ2n) is 3.80. The number of hydrogen-bond donors (Lipinski definition) is 2. The molecule has 0 aromatic rings. The molecular weight excluding hydrogens is 196 g/mol. The molecule has 0 spiro atoms. The molecule has 2 N–H and O–H groups in total. The molecule has 5 nitrogen and oxygen atoms in total. The van der Waals surface area contributed by atoms with Crippen molar-refractivity contribution < 1.29 is 14.3 Å². The molecular formula is C10H18N2O3. The lowest BCUT2D eigenvalue weighted by Gasteiger charge is -2.23. The van der Waals surface area contributed by atoms with Crippen LogP contribution < -0.4 is 10.6 Å². The van der Waals surface area contributed by atoms with E-state index in [1.807, 2.05) is 0 Å². The molecule has 5 heteroatoms. The second-order valence-corrected chi connectivity index (χ2v) is 3.80. The summed E-state index contributed by atoms with van der Waals surface area (Å²) in [6.45, 7) is 3.29. The highest BCUT2D eigenvalue weighted by Gasteiger charge is 2.24. The van der Waals surface area contributed by atoms with E-state index in [2.05, 4.69) is 15.4 Å². The summed E-state index contributed by atoms with van der Waals surface area (Å²) in [6.07, 6.45) is 1.89. The number of amides is 1. The van der Waals surface area contributed by atoms with Gasteiger partial charge in [0, 0.05) is 6.54 Å². The van der Waals surface area contributed by atoms with E-state index in [0.29, 0.717) is 6.54 Å². The molecule has 0 aromatic carbocycles. The summed E-state index contributed by atoms with van der Waals surface area (Å²) in [7, 11) is 1.31. The highest BCUT2D eigenvalue weighted by Crippen LogP contribution is 2.09. The van der Waals surface area contributed by atoms with Gasteiger partial charge in [-0.3, -0.25) is 4.79 Å². The molecule has 1 heterocycles. The van der Waals surface area contributed by atoms with E-state index in [-0.39, 0.29) is 11.8 Å². The van der Waals surface area contributed by atoms with Crippen molar-refractivity contribution >= 4 is 11.9 Å². The standard InChI is InChI=1S/C10H18N2O3/c1-7(10(14)15-2)12-9(13)8-4-3-5-11-6-8/h7-8,11H,3-6H2,1-2H3,(H,12,13)/t7-,8-/m1/s1. The molecule has 0 radical (unpaired) electrons. The van der Waals surface area contributed by atoms with Crippen molar-refractivity contribution in [2.75, 3.05) is 20.2 Å². The number of hydrogen-bond acceptors (Lipinski definition) is 4. The Morgan fingerprint density at radius 1 is 1.53 bits per heavy atom. The Kier molecular flexibility index (Phi) is 4.55. The van der Waals surface area contributed by atoms with Gasteiger partial charge >= 0.3 is 5.97 Å². The summed E-state index contributed by atoms with van der Waals surface area (Å²) in [5.41, 5.74) is 0. The number of methoxy groups -OCH3 is 1. The van der Waals surface area contributed by atoms with Gasteiger partial charge in [-0.15, -0.1) is 0 Å². The number of rotatable bonds is 3. The van der Waals surface area contributed by atoms with Crippen molar-refractivity contribution in [3.05, 3.63) is 0 Å². The third-order valence-corrected chi connectivity index (χ3v) is 2.58. The molecule has 0 aromatic heterocycles. The lowest BCUT2D eigenvalue weighted by Crippen LogP contribution is -2.46. The van der Waals surface area contributed by atoms with Crippen LogP contribution in [0.15, 0.2) is 0 Å². The Morgan fingerprint density at radius 3 is 2.80 bits per heavy atom. The van der Waals surface area contributed by atoms with Crippen molar-refractivity contribution in [1.82, 2.24) is 10.6 Å². The van der Waals surface area contributed by atoms with Crippen LogP contribution in [0.4, 0.5) is 0 Å². The minimum absolute atomic E-state index is 0.0224. The Hall–Kier alpha value is -1.10. The van der Waals surface area contributed by atoms with Crippen molar-refractivity contribution in [2.24, 2.45) is 5.92 Å². The fourth-order valence-electron chi connectivity index (χ4n) is 1.64. The van der Waals surface area contributed by atoms with Gasteiger partial charge in [-0.25, -0.2) is 4.79 Å². The molecule has 1 fully saturated rings. The topological polar surface area (TPSA) is 67.4 Å². The first-order valence-electron chi connectivity index (χ1n) is 5.24. The van der Waals surface area contributed by atoms with Crippen LogP contribution in [0.2, 0.25) is 0 Å². The van der Waals surface area contributed by atoms with Crippen LogP contribution in [-0.4, -0.2) is 38.1 Å². The fourth-order valence-corrected chi connectivity index (χ4v) is 1.64. The zero-order chi connectivity index (χ0) is 11.3. The van der Waals surface area contributed by atoms with Crippen molar-refractivity contribution in [1.29, 1.82) is 0 Å². The normalized spacial score (nSPS) is 22.9. The molecule has 0 unspecified atom stereocenters. The number of ether oxygens (including phenoxy) is 1. The van der Waals surface area contributed by atoms with Crippen LogP contribution in [-0.2, 0) is 14.3 Å². The smallest absolute Gasteiger partial charge is 0.328 e. The molecule has 0 saturated carbocycles. The molecule has 1 amide bonds. The predicted octanol–water partition coefficient (Wildman–Crippen LogP) is -0.336. The number of carbonyl (C=O) groups is 2. The quantitative estimate of drug-likeness (QED) is 0.631. The summed E-state index contributed by atoms with van der Waals surface area (Å²) >= 11 is 0. The van der Waals surface area contributed by atoms with Crippen molar-refractivity contribution in [3.8, 4) is 0 Å². The van der Waals surface area contributed by atoms with E-state index in [9.17, 15) is 9.59 Å². The van der Waals surface area contributed by atoms with Crippen LogP contribution in [0.25, 0.3) is 0 Å². The molecule has 1 aliphatic rings. The number of carbonyl (C=O) groups excluding carboxylic acids is 2. The zero-order valence-corrected chi connectivity index (χ0v) is 9.21. The minimum atomic E-state index is -0.565. The average molecular weight is 214 g/mol. The first-order valence-corrected chi connectivity index (χ1v) is 5.24. The van der Waals surface area contributed by atoms with Crippen molar-refractivity contribution in [3.63, 3.8) is 0 Å². The van der Waals surface area contributed by atoms with E-state index < -0.39 is 12.0 Å². The average Bonchev–Trinajstić information content (AvgIpc) is 2.29. The summed E-state index contributed by atoms with van der Waals surface area (Å²) in [6, 6.07) is -0.565. The third-order valence-electron chi connectivity index (χ3n) is 2.58. The van der Waals surface area contributed by atoms with Gasteiger partial charge in [0.05, 0.1) is 13.0 Å². The molecule has 1 aliphatic heterocycles. The van der Waals surface area contributed by atoms with E-state index in [1.54, 1.807) is 6.92 Å². The van der Waals surface area contributed by atoms with Gasteiger partial charge in [0.1, 0.15) is 6.04 Å². The van der Waals surface area contributed by atoms with Crippen LogP contribution in [0, 0.1) is 5.92 Å². The van der Waals surface area contributed by atoms with E-state index >= 15 is 0 Å². The lowest BCUT2D eigenvalue weighted by atomic mass is 9.98. The molecule has 0 bridgehead atoms. The Morgan fingerprint density at radius 2 is 2.27 bits per heavy atom. The maximum absolute atomic E-state index is 11.7. The fraction of sp³-hybridized carbons (Fsp3) is 0.800. The van der Waals surface area contributed by atoms with Gasteiger partial charge in [0.2, 0.25) is 5.91 Å². The van der Waals surface area contributed by atoms with Gasteiger partial charge in [-0.2, -0.15) is 0 Å². The Balaban J connectivity index is 2.36. The van der Waals surface area contributed by atoms with Crippen LogP contribution >= 0.6 is 0 Å². The number of esters is 1. The van der Waals surface area contributed by atoms with Gasteiger partial charge in [0.25, 0.3) is 0 Å². The minimum Gasteiger partial charge on any atom is -0.467 e. The van der Waals surface area contributed by atoms with E-state index in [4.69, 9.17) is 0 Å². The lowest BCUT2D eigenvalue weighted by molar-refractivity contribution is -0.145. The molecule has 2 atom stereocenters. The maximum Gasteiger partial charge on any atom is 0.328 e. The summed E-state index contributed by atoms with van der Waals surface area (Å²) in [4.78, 5) is 22.7. The highest BCUT2D eigenvalue weighted by molar-refractivity contribution is 5.85. The molecule has 1 rings (SSSR count). The van der Waals surface area contributed by atoms with Gasteiger partial charge < -0.3 is 15.4 Å². The first-order chi connectivity index (χ1) is 7.15. The van der Waals surface area contributed by atoms with Crippen LogP contribution in [0.5, 0.6) is 0 Å². The van der Waals surface area contributed by atoms with Crippen LogP contribution in [0.1, 0.15) is 19.8 Å². The van der Waals surface area contributed by atoms with E-state index in [1.165, 1.54) is 7.11 Å². The monoisotopic (exact) mass is 214 g/mol. The summed E-state index contributed by atoms with van der Waals surface area (Å²) in [5.74, 6) is -0.502. The SMILES string of the molecule is COC(=O)[C@@H](C)NC(=O)[C@@H]1CCCNC1. The molecule has 1 saturated heterocycles. The van der Waals surface area contributed by atoms with Gasteiger partial charge in [-0.05, 0) is 26.3 Å². The van der Waals surface area contributed by atoms with E-state index in [0.717, 1.165) is 19.4 Å². The second kappa shape index (κ2) is 5.70. The summed E-state index contributed by atoms with van der Waals surface area (Å²) < 4.78 is 4.53. The molecule has 0 aliphatic carbocycles. The van der Waals surface area contributed by atoms with Gasteiger partial charge in [-0.1, -0.05) is 0 Å². The zero-order valence-electron chi connectivity index (χ0n) is 9.21. The first kappa shape index (κ1) is 12.0. The predicted molar refractivity (Wildman–Crippen MR) is 55.2 cm³/mol. The maximum atomic E-state index is 11.7. The largest absolute Gasteiger partial charge is 0.467 e. The number of piperidine rings is 1. The Labute approximate surface area is 89.6 Å². The Bertz CT molecular complexity index is 237. The molecule has 86 valence electrons. The summed E-state index contributed by atoms with van der Waals surface area (Å²) in [5, 5.41) is 5.80. The highest BCUT2D eigenvalue weighted by atomic mass is 16.5. The van der Waals surface area contributed by atoms with Crippen LogP contribution in [0.3, 0.4) is 0 Å². The van der Waals surface area contributed by atoms with Gasteiger partial charge in [0.15, 0.2) is 0 Å². The number of nitrogens with one attached hydrogen (secondary N) is 2. The molecule has 15 heavy (non-hydrogen) atoms. The van der Waals surface area contributed by atoms with Crippen molar-refractivity contribution in [2.45, 2.75) is 25.8 Å².